The van der Waals surface area contributed by atoms with Gasteiger partial charge in [0.05, 0.1) is 26.9 Å². The third-order valence-corrected chi connectivity index (χ3v) is 2.51. The van der Waals surface area contributed by atoms with Gasteiger partial charge in [-0.2, -0.15) is 0 Å². The van der Waals surface area contributed by atoms with Crippen molar-refractivity contribution in [1.29, 1.82) is 0 Å². The minimum absolute atomic E-state index is 0.228. The van der Waals surface area contributed by atoms with Gasteiger partial charge in [0, 0.05) is 5.56 Å². The zero-order valence-corrected chi connectivity index (χ0v) is 11.1. The number of hydrogen-bond acceptors (Lipinski definition) is 4. The average molecular weight is 253 g/mol. The lowest BCUT2D eigenvalue weighted by molar-refractivity contribution is 0.148. The summed E-state index contributed by atoms with van der Waals surface area (Å²) in [7, 11) is 3.18. The van der Waals surface area contributed by atoms with Gasteiger partial charge in [0.2, 0.25) is 0 Å². The molecule has 0 aromatic heterocycles. The Morgan fingerprint density at radius 3 is 2.61 bits per heavy atom. The number of carbonyl (C=O) groups is 1. The molecule has 5 nitrogen and oxygen atoms in total. The summed E-state index contributed by atoms with van der Waals surface area (Å²) in [6, 6.07) is 5.21. The molecule has 1 rings (SSSR count). The molecule has 0 aliphatic rings. The van der Waals surface area contributed by atoms with Crippen LogP contribution >= 0.6 is 0 Å². The Morgan fingerprint density at radius 2 is 2.06 bits per heavy atom. The van der Waals surface area contributed by atoms with Gasteiger partial charge in [0.25, 0.3) is 0 Å². The van der Waals surface area contributed by atoms with Crippen LogP contribution in [-0.4, -0.2) is 26.9 Å². The van der Waals surface area contributed by atoms with Gasteiger partial charge in [0.1, 0.15) is 11.5 Å². The summed E-state index contributed by atoms with van der Waals surface area (Å²) in [5.41, 5.74) is 0.838. The highest BCUT2D eigenvalue weighted by molar-refractivity contribution is 5.68. The summed E-state index contributed by atoms with van der Waals surface area (Å²) in [6.07, 6.45) is -0.449. The molecule has 0 radical (unpaired) electrons. The van der Waals surface area contributed by atoms with Gasteiger partial charge < -0.3 is 19.5 Å². The summed E-state index contributed by atoms with van der Waals surface area (Å²) >= 11 is 0. The SMILES string of the molecule is CCOC(=O)NC(C)c1cc(OC)ccc1OC. The number of amides is 1. The zero-order valence-electron chi connectivity index (χ0n) is 11.1. The van der Waals surface area contributed by atoms with E-state index in [0.717, 1.165) is 5.56 Å². The lowest BCUT2D eigenvalue weighted by atomic mass is 10.1. The van der Waals surface area contributed by atoms with E-state index in [2.05, 4.69) is 5.32 Å². The first-order valence-corrected chi connectivity index (χ1v) is 5.77. The molecule has 0 aliphatic carbocycles. The van der Waals surface area contributed by atoms with Crippen molar-refractivity contribution in [3.05, 3.63) is 23.8 Å². The van der Waals surface area contributed by atoms with E-state index < -0.39 is 6.09 Å². The number of carbonyl (C=O) groups excluding carboxylic acids is 1. The molecule has 0 saturated heterocycles. The van der Waals surface area contributed by atoms with Crippen molar-refractivity contribution in [2.24, 2.45) is 0 Å². The summed E-state index contributed by atoms with van der Waals surface area (Å²) < 4.78 is 15.3. The number of hydrogen-bond donors (Lipinski definition) is 1. The standard InChI is InChI=1S/C13H19NO4/c1-5-18-13(15)14-9(2)11-8-10(16-3)6-7-12(11)17-4/h6-9H,5H2,1-4H3,(H,14,15). The highest BCUT2D eigenvalue weighted by Crippen LogP contribution is 2.29. The van der Waals surface area contributed by atoms with Crippen LogP contribution in [0.3, 0.4) is 0 Å². The molecule has 0 heterocycles. The highest BCUT2D eigenvalue weighted by Gasteiger charge is 2.15. The molecular weight excluding hydrogens is 234 g/mol. The Bertz CT molecular complexity index is 406. The predicted octanol–water partition coefficient (Wildman–Crippen LogP) is 2.51. The van der Waals surface area contributed by atoms with Crippen molar-refractivity contribution in [3.63, 3.8) is 0 Å². The topological polar surface area (TPSA) is 56.8 Å². The van der Waals surface area contributed by atoms with Crippen molar-refractivity contribution in [2.45, 2.75) is 19.9 Å². The summed E-state index contributed by atoms with van der Waals surface area (Å²) in [5.74, 6) is 1.41. The number of alkyl carbamates (subject to hydrolysis) is 1. The number of nitrogens with one attached hydrogen (secondary N) is 1. The number of benzene rings is 1. The van der Waals surface area contributed by atoms with Gasteiger partial charge in [-0.3, -0.25) is 0 Å². The Hall–Kier alpha value is -1.91. The summed E-state index contributed by atoms with van der Waals surface area (Å²) in [5, 5.41) is 2.73. The highest BCUT2D eigenvalue weighted by atomic mass is 16.5. The van der Waals surface area contributed by atoms with Crippen molar-refractivity contribution >= 4 is 6.09 Å². The van der Waals surface area contributed by atoms with Crippen molar-refractivity contribution in [1.82, 2.24) is 5.32 Å². The van der Waals surface area contributed by atoms with E-state index in [1.165, 1.54) is 0 Å². The molecule has 0 bridgehead atoms. The third kappa shape index (κ3) is 3.55. The van der Waals surface area contributed by atoms with Crippen LogP contribution in [0, 0.1) is 0 Å². The quantitative estimate of drug-likeness (QED) is 0.876. The Kier molecular flexibility index (Phi) is 5.30. The number of ether oxygens (including phenoxy) is 3. The molecular formula is C13H19NO4. The summed E-state index contributed by atoms with van der Waals surface area (Å²) in [6.45, 7) is 3.96. The molecule has 1 unspecified atom stereocenters. The van der Waals surface area contributed by atoms with E-state index in [-0.39, 0.29) is 6.04 Å². The van der Waals surface area contributed by atoms with Crippen LogP contribution in [0.5, 0.6) is 11.5 Å². The molecule has 1 atom stereocenters. The Balaban J connectivity index is 2.88. The second kappa shape index (κ2) is 6.74. The van der Waals surface area contributed by atoms with Gasteiger partial charge in [-0.1, -0.05) is 0 Å². The zero-order chi connectivity index (χ0) is 13.5. The van der Waals surface area contributed by atoms with Crippen LogP contribution in [0.15, 0.2) is 18.2 Å². The van der Waals surface area contributed by atoms with Crippen molar-refractivity contribution in [2.75, 3.05) is 20.8 Å². The van der Waals surface area contributed by atoms with Crippen molar-refractivity contribution < 1.29 is 19.0 Å². The third-order valence-electron chi connectivity index (χ3n) is 2.51. The molecule has 5 heteroatoms. The molecule has 0 aliphatic heterocycles. The van der Waals surface area contributed by atoms with Crippen LogP contribution < -0.4 is 14.8 Å². The predicted molar refractivity (Wildman–Crippen MR) is 68.1 cm³/mol. The maximum absolute atomic E-state index is 11.4. The molecule has 18 heavy (non-hydrogen) atoms. The van der Waals surface area contributed by atoms with Crippen LogP contribution in [0.4, 0.5) is 4.79 Å². The molecule has 1 amide bonds. The molecule has 1 aromatic carbocycles. The molecule has 1 N–H and O–H groups in total. The van der Waals surface area contributed by atoms with Gasteiger partial charge in [-0.05, 0) is 32.0 Å². The first-order valence-electron chi connectivity index (χ1n) is 5.77. The van der Waals surface area contributed by atoms with Gasteiger partial charge >= 0.3 is 6.09 Å². The monoisotopic (exact) mass is 253 g/mol. The average Bonchev–Trinajstić information content (AvgIpc) is 2.38. The fraction of sp³-hybridized carbons (Fsp3) is 0.462. The number of methoxy groups -OCH3 is 2. The van der Waals surface area contributed by atoms with Crippen LogP contribution in [-0.2, 0) is 4.74 Å². The largest absolute Gasteiger partial charge is 0.497 e. The molecule has 100 valence electrons. The van der Waals surface area contributed by atoms with E-state index >= 15 is 0 Å². The summed E-state index contributed by atoms with van der Waals surface area (Å²) in [4.78, 5) is 11.4. The molecule has 1 aromatic rings. The Morgan fingerprint density at radius 1 is 1.33 bits per heavy atom. The van der Waals surface area contributed by atoms with E-state index in [4.69, 9.17) is 14.2 Å². The Labute approximate surface area is 107 Å². The molecule has 0 fully saturated rings. The lowest BCUT2D eigenvalue weighted by Crippen LogP contribution is -2.27. The maximum Gasteiger partial charge on any atom is 0.407 e. The van der Waals surface area contributed by atoms with Gasteiger partial charge in [-0.15, -0.1) is 0 Å². The first kappa shape index (κ1) is 14.2. The fourth-order valence-electron chi connectivity index (χ4n) is 1.61. The van der Waals surface area contributed by atoms with E-state index in [0.29, 0.717) is 18.1 Å². The van der Waals surface area contributed by atoms with Gasteiger partial charge in [0.15, 0.2) is 0 Å². The normalized spacial score (nSPS) is 11.6. The van der Waals surface area contributed by atoms with Crippen LogP contribution in [0.1, 0.15) is 25.5 Å². The minimum atomic E-state index is -0.449. The van der Waals surface area contributed by atoms with E-state index in [1.54, 1.807) is 33.3 Å². The second-order valence-corrected chi connectivity index (χ2v) is 3.69. The minimum Gasteiger partial charge on any atom is -0.497 e. The van der Waals surface area contributed by atoms with Crippen LogP contribution in [0.2, 0.25) is 0 Å². The van der Waals surface area contributed by atoms with Crippen molar-refractivity contribution in [3.8, 4) is 11.5 Å². The molecule has 0 spiro atoms. The fourth-order valence-corrected chi connectivity index (χ4v) is 1.61. The van der Waals surface area contributed by atoms with E-state index in [9.17, 15) is 4.79 Å². The van der Waals surface area contributed by atoms with E-state index in [1.807, 2.05) is 13.0 Å². The first-order chi connectivity index (χ1) is 8.62. The number of rotatable bonds is 5. The van der Waals surface area contributed by atoms with Gasteiger partial charge in [-0.25, -0.2) is 4.79 Å². The lowest BCUT2D eigenvalue weighted by Gasteiger charge is -2.17. The van der Waals surface area contributed by atoms with Crippen LogP contribution in [0.25, 0.3) is 0 Å². The second-order valence-electron chi connectivity index (χ2n) is 3.69. The maximum atomic E-state index is 11.4. The molecule has 0 saturated carbocycles. The smallest absolute Gasteiger partial charge is 0.407 e.